The molecule has 18 heavy (non-hydrogen) atoms. The molecule has 2 aromatic rings. The van der Waals surface area contributed by atoms with Gasteiger partial charge in [-0.1, -0.05) is 0 Å². The number of imidazole rings is 1. The first-order valence-corrected chi connectivity index (χ1v) is 5.85. The highest BCUT2D eigenvalue weighted by Crippen LogP contribution is 2.20. The maximum Gasteiger partial charge on any atom is 0.338 e. The second kappa shape index (κ2) is 5.05. The van der Waals surface area contributed by atoms with Gasteiger partial charge in [0.1, 0.15) is 0 Å². The van der Waals surface area contributed by atoms with Crippen molar-refractivity contribution in [2.24, 2.45) is 5.84 Å². The van der Waals surface area contributed by atoms with E-state index in [4.69, 9.17) is 10.6 Å². The molecule has 0 spiro atoms. The topological polar surface area (TPSA) is 82.2 Å². The van der Waals surface area contributed by atoms with Gasteiger partial charge in [-0.25, -0.2) is 15.6 Å². The van der Waals surface area contributed by atoms with Gasteiger partial charge < -0.3 is 9.30 Å². The summed E-state index contributed by atoms with van der Waals surface area (Å²) in [5.41, 5.74) is 4.69. The molecule has 0 fully saturated rings. The number of esters is 1. The van der Waals surface area contributed by atoms with Crippen LogP contribution in [0.15, 0.2) is 18.2 Å². The summed E-state index contributed by atoms with van der Waals surface area (Å²) in [7, 11) is 0. The molecule has 0 saturated heterocycles. The van der Waals surface area contributed by atoms with E-state index in [1.165, 1.54) is 0 Å². The largest absolute Gasteiger partial charge is 0.462 e. The number of benzene rings is 1. The first kappa shape index (κ1) is 12.4. The fraction of sp³-hybridized carbons (Fsp3) is 0.333. The number of rotatable bonds is 4. The average molecular weight is 248 g/mol. The zero-order chi connectivity index (χ0) is 13.1. The van der Waals surface area contributed by atoms with Gasteiger partial charge in [0.2, 0.25) is 5.95 Å². The van der Waals surface area contributed by atoms with Crippen molar-refractivity contribution >= 4 is 23.0 Å². The highest BCUT2D eigenvalue weighted by Gasteiger charge is 2.12. The van der Waals surface area contributed by atoms with Crippen LogP contribution in [0.25, 0.3) is 11.0 Å². The van der Waals surface area contributed by atoms with E-state index in [0.29, 0.717) is 18.1 Å². The van der Waals surface area contributed by atoms with Crippen molar-refractivity contribution in [3.63, 3.8) is 0 Å². The number of aryl methyl sites for hydroxylation is 1. The van der Waals surface area contributed by atoms with Crippen LogP contribution in [0, 0.1) is 0 Å². The van der Waals surface area contributed by atoms with Crippen LogP contribution in [0.1, 0.15) is 24.2 Å². The standard InChI is InChI=1S/C12H16N4O2/c1-3-16-10-6-5-8(11(17)18-4-2)7-9(10)14-12(16)15-13/h5-7H,3-4,13H2,1-2H3,(H,14,15). The van der Waals surface area contributed by atoms with E-state index < -0.39 is 0 Å². The van der Waals surface area contributed by atoms with Crippen molar-refractivity contribution in [1.29, 1.82) is 0 Å². The Morgan fingerprint density at radius 3 is 2.89 bits per heavy atom. The summed E-state index contributed by atoms with van der Waals surface area (Å²) < 4.78 is 6.89. The van der Waals surface area contributed by atoms with Crippen molar-refractivity contribution in [3.05, 3.63) is 23.8 Å². The van der Waals surface area contributed by atoms with Crippen molar-refractivity contribution in [2.45, 2.75) is 20.4 Å². The highest BCUT2D eigenvalue weighted by molar-refractivity contribution is 5.94. The number of aromatic nitrogens is 2. The molecule has 0 unspecified atom stereocenters. The summed E-state index contributed by atoms with van der Waals surface area (Å²) in [5.74, 6) is 5.65. The van der Waals surface area contributed by atoms with E-state index >= 15 is 0 Å². The maximum atomic E-state index is 11.6. The van der Waals surface area contributed by atoms with Crippen molar-refractivity contribution in [3.8, 4) is 0 Å². The average Bonchev–Trinajstić information content (AvgIpc) is 2.75. The molecule has 6 heteroatoms. The zero-order valence-corrected chi connectivity index (χ0v) is 10.4. The Bertz CT molecular complexity index is 577. The van der Waals surface area contributed by atoms with Crippen LogP contribution in [0.3, 0.4) is 0 Å². The molecule has 3 N–H and O–H groups in total. The van der Waals surface area contributed by atoms with Crippen LogP contribution in [0.2, 0.25) is 0 Å². The third-order valence-electron chi connectivity index (χ3n) is 2.70. The van der Waals surface area contributed by atoms with E-state index in [2.05, 4.69) is 10.4 Å². The van der Waals surface area contributed by atoms with Crippen LogP contribution >= 0.6 is 0 Å². The van der Waals surface area contributed by atoms with Gasteiger partial charge in [0.15, 0.2) is 0 Å². The Kier molecular flexibility index (Phi) is 3.47. The number of carbonyl (C=O) groups excluding carboxylic acids is 1. The molecule has 0 aliphatic heterocycles. The molecule has 1 heterocycles. The van der Waals surface area contributed by atoms with Crippen LogP contribution < -0.4 is 11.3 Å². The number of ether oxygens (including phenoxy) is 1. The normalized spacial score (nSPS) is 10.6. The number of carbonyl (C=O) groups is 1. The number of nitrogens with one attached hydrogen (secondary N) is 1. The minimum Gasteiger partial charge on any atom is -0.462 e. The quantitative estimate of drug-likeness (QED) is 0.487. The number of fused-ring (bicyclic) bond motifs is 1. The third kappa shape index (κ3) is 2.02. The number of hydrogen-bond acceptors (Lipinski definition) is 5. The van der Waals surface area contributed by atoms with Crippen molar-refractivity contribution < 1.29 is 9.53 Å². The second-order valence-corrected chi connectivity index (χ2v) is 3.75. The predicted octanol–water partition coefficient (Wildman–Crippen LogP) is 1.52. The van der Waals surface area contributed by atoms with Gasteiger partial charge in [-0.3, -0.25) is 5.43 Å². The molecule has 1 aromatic carbocycles. The number of hydrogen-bond donors (Lipinski definition) is 2. The van der Waals surface area contributed by atoms with Gasteiger partial charge in [0, 0.05) is 6.54 Å². The molecule has 0 amide bonds. The molecule has 0 radical (unpaired) electrons. The van der Waals surface area contributed by atoms with Crippen LogP contribution in [-0.2, 0) is 11.3 Å². The smallest absolute Gasteiger partial charge is 0.338 e. The van der Waals surface area contributed by atoms with Gasteiger partial charge >= 0.3 is 5.97 Å². The Morgan fingerprint density at radius 2 is 2.28 bits per heavy atom. The molecule has 0 atom stereocenters. The maximum absolute atomic E-state index is 11.6. The van der Waals surface area contributed by atoms with E-state index in [1.54, 1.807) is 19.1 Å². The van der Waals surface area contributed by atoms with Crippen molar-refractivity contribution in [2.75, 3.05) is 12.0 Å². The van der Waals surface area contributed by atoms with Gasteiger partial charge in [0.25, 0.3) is 0 Å². The summed E-state index contributed by atoms with van der Waals surface area (Å²) in [5, 5.41) is 0. The minimum atomic E-state index is -0.340. The van der Waals surface area contributed by atoms with Crippen LogP contribution in [0.5, 0.6) is 0 Å². The lowest BCUT2D eigenvalue weighted by Gasteiger charge is -2.04. The molecule has 0 saturated carbocycles. The van der Waals surface area contributed by atoms with E-state index in [0.717, 1.165) is 17.6 Å². The minimum absolute atomic E-state index is 0.340. The van der Waals surface area contributed by atoms with Crippen LogP contribution in [-0.4, -0.2) is 22.1 Å². The number of nitrogens with zero attached hydrogens (tertiary/aromatic N) is 2. The summed E-state index contributed by atoms with van der Waals surface area (Å²) in [6.07, 6.45) is 0. The van der Waals surface area contributed by atoms with Gasteiger partial charge in [-0.15, -0.1) is 0 Å². The fourth-order valence-electron chi connectivity index (χ4n) is 1.90. The molecule has 6 nitrogen and oxygen atoms in total. The van der Waals surface area contributed by atoms with E-state index in [1.807, 2.05) is 17.6 Å². The monoisotopic (exact) mass is 248 g/mol. The first-order chi connectivity index (χ1) is 8.71. The summed E-state index contributed by atoms with van der Waals surface area (Å²) in [6, 6.07) is 5.29. The third-order valence-corrected chi connectivity index (χ3v) is 2.70. The number of nitrogens with two attached hydrogens (primary N) is 1. The Morgan fingerprint density at radius 1 is 1.50 bits per heavy atom. The van der Waals surface area contributed by atoms with Crippen LogP contribution in [0.4, 0.5) is 5.95 Å². The number of anilines is 1. The molecule has 2 rings (SSSR count). The number of nitrogen functional groups attached to an aromatic ring is 1. The summed E-state index contributed by atoms with van der Waals surface area (Å²) in [4.78, 5) is 15.9. The Hall–Kier alpha value is -2.08. The predicted molar refractivity (Wildman–Crippen MR) is 69.2 cm³/mol. The number of hydrazine groups is 1. The molecule has 96 valence electrons. The molecule has 0 aliphatic rings. The van der Waals surface area contributed by atoms with E-state index in [-0.39, 0.29) is 5.97 Å². The molecule has 0 bridgehead atoms. The second-order valence-electron chi connectivity index (χ2n) is 3.75. The van der Waals surface area contributed by atoms with Gasteiger partial charge in [0.05, 0.1) is 23.2 Å². The molecule has 0 aliphatic carbocycles. The summed E-state index contributed by atoms with van der Waals surface area (Å²) in [6.45, 7) is 4.88. The SMILES string of the molecule is CCOC(=O)c1ccc2c(c1)nc(NN)n2CC. The summed E-state index contributed by atoms with van der Waals surface area (Å²) >= 11 is 0. The first-order valence-electron chi connectivity index (χ1n) is 5.85. The lowest BCUT2D eigenvalue weighted by Crippen LogP contribution is -2.12. The van der Waals surface area contributed by atoms with Gasteiger partial charge in [-0.2, -0.15) is 0 Å². The fourth-order valence-corrected chi connectivity index (χ4v) is 1.90. The molecular formula is C12H16N4O2. The lowest BCUT2D eigenvalue weighted by molar-refractivity contribution is 0.0526. The Balaban J connectivity index is 2.49. The van der Waals surface area contributed by atoms with E-state index in [9.17, 15) is 4.79 Å². The Labute approximate surface area is 105 Å². The van der Waals surface area contributed by atoms with Crippen molar-refractivity contribution in [1.82, 2.24) is 9.55 Å². The highest BCUT2D eigenvalue weighted by atomic mass is 16.5. The molecular weight excluding hydrogens is 232 g/mol. The van der Waals surface area contributed by atoms with Gasteiger partial charge in [-0.05, 0) is 32.0 Å². The zero-order valence-electron chi connectivity index (χ0n) is 10.4. The molecule has 1 aromatic heterocycles. The lowest BCUT2D eigenvalue weighted by atomic mass is 10.2.